The van der Waals surface area contributed by atoms with E-state index in [-0.39, 0.29) is 11.9 Å². The summed E-state index contributed by atoms with van der Waals surface area (Å²) in [6, 6.07) is 11.6. The number of hydrogen-bond acceptors (Lipinski definition) is 3. The fraction of sp³-hybridized carbons (Fsp3) is 0.280. The van der Waals surface area contributed by atoms with Crippen LogP contribution >= 0.6 is 32.3 Å². The van der Waals surface area contributed by atoms with Crippen molar-refractivity contribution in [3.05, 3.63) is 79.9 Å². The Labute approximate surface area is 198 Å². The van der Waals surface area contributed by atoms with Gasteiger partial charge in [-0.3, -0.25) is 9.69 Å². The van der Waals surface area contributed by atoms with Crippen molar-refractivity contribution in [1.82, 2.24) is 4.90 Å². The number of halogens is 2. The van der Waals surface area contributed by atoms with Gasteiger partial charge < -0.3 is 9.47 Å². The Morgan fingerprint density at radius 3 is 2.35 bits per heavy atom. The molecule has 2 aromatic rings. The normalized spacial score (nSPS) is 18.0. The van der Waals surface area contributed by atoms with E-state index in [1.807, 2.05) is 49.1 Å². The molecule has 31 heavy (non-hydrogen) atoms. The minimum atomic E-state index is -0.396. The van der Waals surface area contributed by atoms with E-state index in [1.54, 1.807) is 0 Å². The van der Waals surface area contributed by atoms with Crippen LogP contribution < -0.4 is 9.47 Å². The fourth-order valence-corrected chi connectivity index (χ4v) is 6.24. The molecule has 0 radical (unpaired) electrons. The zero-order valence-electron chi connectivity index (χ0n) is 17.8. The topological polar surface area (TPSA) is 38.8 Å². The molecule has 1 atom stereocenters. The van der Waals surface area contributed by atoms with Gasteiger partial charge in [0, 0.05) is 5.02 Å². The second kappa shape index (κ2) is 9.57. The van der Waals surface area contributed by atoms with Crippen molar-refractivity contribution in [2.24, 2.45) is 0 Å². The summed E-state index contributed by atoms with van der Waals surface area (Å²) in [5.41, 5.74) is 4.34. The SMILES string of the molecule is CCOc1cc2c(cc1OCC)C(c1ccc(Cl)cc1)N(C1=IC=C(C)C=C1)C(=O)C2. The Morgan fingerprint density at radius 2 is 1.74 bits per heavy atom. The van der Waals surface area contributed by atoms with Crippen LogP contribution in [-0.2, 0) is 11.2 Å². The molecule has 0 bridgehead atoms. The highest BCUT2D eigenvalue weighted by Gasteiger charge is 2.36. The zero-order chi connectivity index (χ0) is 22.0. The van der Waals surface area contributed by atoms with Crippen molar-refractivity contribution in [3.8, 4) is 11.5 Å². The van der Waals surface area contributed by atoms with Gasteiger partial charge in [-0.05, 0) is 77.5 Å². The maximum Gasteiger partial charge on any atom is 0.232 e. The third kappa shape index (κ3) is 4.58. The minimum absolute atomic E-state index is 0.103. The number of allylic oxidation sites excluding steroid dienone is 2. The lowest BCUT2D eigenvalue weighted by molar-refractivity contribution is -0.128. The Hall–Kier alpha value is -2.12. The third-order valence-electron chi connectivity index (χ3n) is 5.21. The number of hydrogen-bond donors (Lipinski definition) is 0. The molecule has 1 amide bonds. The summed E-state index contributed by atoms with van der Waals surface area (Å²) in [5, 5.41) is 0.676. The van der Waals surface area contributed by atoms with Crippen molar-refractivity contribution < 1.29 is 14.3 Å². The number of nitrogens with zero attached hydrogens (tertiary/aromatic N) is 1. The summed E-state index contributed by atoms with van der Waals surface area (Å²) in [4.78, 5) is 15.4. The van der Waals surface area contributed by atoms with E-state index in [4.69, 9.17) is 21.1 Å². The number of carbonyl (C=O) groups excluding carboxylic acids is 1. The monoisotopic (exact) mass is 549 g/mol. The van der Waals surface area contributed by atoms with Gasteiger partial charge in [0.25, 0.3) is 0 Å². The summed E-state index contributed by atoms with van der Waals surface area (Å²) in [6.07, 6.45) is 4.53. The maximum atomic E-state index is 13.4. The molecule has 0 aliphatic carbocycles. The second-order valence-corrected chi connectivity index (χ2v) is 10.2. The highest BCUT2D eigenvalue weighted by molar-refractivity contribution is 14.2. The Bertz CT molecular complexity index is 1090. The standard InChI is InChI=1S/C25H25ClINO3/c1-4-30-21-12-18-13-24(29)28(23-11-6-16(3)15-27-23)25(17-7-9-19(26)10-8-17)20(18)14-22(21)31-5-2/h6-12,14-15,25H,4-5,13H2,1-3H3. The summed E-state index contributed by atoms with van der Waals surface area (Å²) in [6.45, 7) is 7.09. The van der Waals surface area contributed by atoms with E-state index in [1.165, 1.54) is 5.57 Å². The molecular weight excluding hydrogens is 525 g/mol. The first-order valence-corrected chi connectivity index (χ1v) is 13.1. The highest BCUT2D eigenvalue weighted by Crippen LogP contribution is 2.43. The van der Waals surface area contributed by atoms with Gasteiger partial charge in [0.1, 0.15) is 0 Å². The molecule has 162 valence electrons. The van der Waals surface area contributed by atoms with Gasteiger partial charge in [-0.2, -0.15) is 0 Å². The molecule has 2 aromatic carbocycles. The predicted octanol–water partition coefficient (Wildman–Crippen LogP) is 6.19. The van der Waals surface area contributed by atoms with E-state index < -0.39 is 20.7 Å². The molecule has 4 rings (SSSR count). The lowest BCUT2D eigenvalue weighted by Gasteiger charge is -2.38. The molecule has 2 heterocycles. The first-order chi connectivity index (χ1) is 15.0. The smallest absolute Gasteiger partial charge is 0.232 e. The van der Waals surface area contributed by atoms with Crippen LogP contribution in [0.15, 0.2) is 58.2 Å². The molecule has 1 unspecified atom stereocenters. The lowest BCUT2D eigenvalue weighted by atomic mass is 9.87. The van der Waals surface area contributed by atoms with Gasteiger partial charge in [-0.25, -0.2) is 0 Å². The summed E-state index contributed by atoms with van der Waals surface area (Å²) >= 11 is 5.77. The van der Waals surface area contributed by atoms with Gasteiger partial charge in [0.05, 0.1) is 29.3 Å². The highest BCUT2D eigenvalue weighted by atomic mass is 127. The Morgan fingerprint density at radius 1 is 1.06 bits per heavy atom. The molecule has 0 saturated carbocycles. The van der Waals surface area contributed by atoms with E-state index in [0.29, 0.717) is 36.2 Å². The van der Waals surface area contributed by atoms with E-state index in [9.17, 15) is 4.79 Å². The van der Waals surface area contributed by atoms with Gasteiger partial charge in [0.15, 0.2) is 11.5 Å². The van der Waals surface area contributed by atoms with Crippen LogP contribution in [0.5, 0.6) is 11.5 Å². The number of ether oxygens (including phenoxy) is 2. The molecule has 2 aliphatic rings. The molecule has 2 aliphatic heterocycles. The maximum absolute atomic E-state index is 13.4. The van der Waals surface area contributed by atoms with Crippen molar-refractivity contribution in [2.75, 3.05) is 13.2 Å². The summed E-state index contributed by atoms with van der Waals surface area (Å²) in [5.74, 6) is 1.51. The molecule has 0 aromatic heterocycles. The lowest BCUT2D eigenvalue weighted by Crippen LogP contribution is -2.43. The average Bonchev–Trinajstić information content (AvgIpc) is 2.75. The molecular formula is C25H25ClINO3. The quantitative estimate of drug-likeness (QED) is 0.404. The number of rotatable bonds is 6. The van der Waals surface area contributed by atoms with Crippen molar-refractivity contribution in [2.45, 2.75) is 33.2 Å². The number of benzene rings is 2. The summed E-state index contributed by atoms with van der Waals surface area (Å²) < 4.78 is 15.1. The minimum Gasteiger partial charge on any atom is -0.490 e. The predicted molar refractivity (Wildman–Crippen MR) is 135 cm³/mol. The zero-order valence-corrected chi connectivity index (χ0v) is 20.7. The van der Waals surface area contributed by atoms with Gasteiger partial charge >= 0.3 is 0 Å². The van der Waals surface area contributed by atoms with Crippen LogP contribution in [0.3, 0.4) is 0 Å². The van der Waals surface area contributed by atoms with Gasteiger partial charge in [-0.1, -0.05) is 50.5 Å². The van der Waals surface area contributed by atoms with E-state index in [0.717, 1.165) is 20.3 Å². The van der Waals surface area contributed by atoms with Gasteiger partial charge in [-0.15, -0.1) is 0 Å². The van der Waals surface area contributed by atoms with Crippen LogP contribution in [0.25, 0.3) is 0 Å². The van der Waals surface area contributed by atoms with Crippen LogP contribution in [0.4, 0.5) is 0 Å². The fourth-order valence-electron chi connectivity index (χ4n) is 3.86. The number of amides is 1. The summed E-state index contributed by atoms with van der Waals surface area (Å²) in [7, 11) is 0. The van der Waals surface area contributed by atoms with Crippen molar-refractivity contribution in [1.29, 1.82) is 0 Å². The van der Waals surface area contributed by atoms with Crippen molar-refractivity contribution >= 4 is 41.9 Å². The molecule has 0 saturated heterocycles. The largest absolute Gasteiger partial charge is 0.490 e. The first kappa shape index (κ1) is 22.1. The van der Waals surface area contributed by atoms with Crippen LogP contribution in [0.1, 0.15) is 43.5 Å². The Balaban J connectivity index is 1.90. The molecule has 4 nitrogen and oxygen atoms in total. The Kier molecular flexibility index (Phi) is 6.82. The average molecular weight is 550 g/mol. The van der Waals surface area contributed by atoms with E-state index >= 15 is 0 Å². The third-order valence-corrected chi connectivity index (χ3v) is 8.27. The van der Waals surface area contributed by atoms with Crippen LogP contribution in [0.2, 0.25) is 5.02 Å². The molecule has 0 N–H and O–H groups in total. The first-order valence-electron chi connectivity index (χ1n) is 10.4. The number of carbonyl (C=O) groups is 1. The second-order valence-electron chi connectivity index (χ2n) is 7.38. The number of fused-ring (bicyclic) bond motifs is 1. The van der Waals surface area contributed by atoms with Crippen LogP contribution in [0, 0.1) is 0 Å². The molecule has 0 fully saturated rings. The molecule has 6 heteroatoms. The van der Waals surface area contributed by atoms with Crippen molar-refractivity contribution in [3.63, 3.8) is 0 Å². The van der Waals surface area contributed by atoms with E-state index in [2.05, 4.69) is 29.2 Å². The van der Waals surface area contributed by atoms with Gasteiger partial charge in [0.2, 0.25) is 5.91 Å². The van der Waals surface area contributed by atoms with Crippen LogP contribution in [-0.4, -0.2) is 27.7 Å². The molecule has 0 spiro atoms.